The minimum absolute atomic E-state index is 0.00155. The second-order valence-corrected chi connectivity index (χ2v) is 11.4. The van der Waals surface area contributed by atoms with Crippen LogP contribution < -0.4 is 0 Å². The van der Waals surface area contributed by atoms with Gasteiger partial charge in [0.15, 0.2) is 0 Å². The highest BCUT2D eigenvalue weighted by molar-refractivity contribution is 5.80. The second kappa shape index (κ2) is 7.46. The molecule has 2 saturated heterocycles. The van der Waals surface area contributed by atoms with Gasteiger partial charge in [0.1, 0.15) is 0 Å². The normalized spacial score (nSPS) is 45.9. The zero-order valence-corrected chi connectivity index (χ0v) is 19.6. The summed E-state index contributed by atoms with van der Waals surface area (Å²) in [5.74, 6) is -1.61. The number of ether oxygens (including phenoxy) is 4. The quantitative estimate of drug-likeness (QED) is 0.488. The lowest BCUT2D eigenvalue weighted by Crippen LogP contribution is -2.64. The maximum absolute atomic E-state index is 13.1. The third-order valence-electron chi connectivity index (χ3n) is 8.53. The molecule has 0 aromatic heterocycles. The van der Waals surface area contributed by atoms with Crippen LogP contribution in [0.4, 0.5) is 0 Å². The summed E-state index contributed by atoms with van der Waals surface area (Å²) in [5.41, 5.74) is -0.439. The second-order valence-electron chi connectivity index (χ2n) is 11.4. The van der Waals surface area contributed by atoms with Crippen LogP contribution in [0.25, 0.3) is 0 Å². The SMILES string of the molecule is CC(=O)O[C@@H]1O[C@H]2OC(=O)[C@@H](OC(C)=O)[C@@]3(C)[C@H]2[C@H]1CC[C@@H]3[C@]1(C)CCCC(C)(C)C1. The number of carbonyl (C=O) groups is 3. The van der Waals surface area contributed by atoms with Gasteiger partial charge in [0.05, 0.1) is 0 Å². The van der Waals surface area contributed by atoms with Gasteiger partial charge in [-0.1, -0.05) is 34.1 Å². The lowest BCUT2D eigenvalue weighted by Gasteiger charge is -2.60. The van der Waals surface area contributed by atoms with Crippen molar-refractivity contribution in [1.29, 1.82) is 0 Å². The van der Waals surface area contributed by atoms with Crippen molar-refractivity contribution in [3.8, 4) is 0 Å². The van der Waals surface area contributed by atoms with E-state index in [2.05, 4.69) is 27.7 Å². The van der Waals surface area contributed by atoms with Gasteiger partial charge in [-0.3, -0.25) is 9.59 Å². The molecule has 2 aliphatic carbocycles. The Balaban J connectivity index is 1.77. The standard InChI is InChI=1S/C24H36O7/c1-13(25)28-18-19(27)30-21-17-15(20(31-21)29-14(2)26)8-9-16(24(17,18)6)23(5)11-7-10-22(3,4)12-23/h15-18,20-21H,7-12H2,1-6H3/t15-,16-,17+,18-,20-,21-,23-,24-/m1/s1. The van der Waals surface area contributed by atoms with E-state index in [9.17, 15) is 14.4 Å². The Morgan fingerprint density at radius 2 is 1.68 bits per heavy atom. The summed E-state index contributed by atoms with van der Waals surface area (Å²) < 4.78 is 22.7. The third-order valence-corrected chi connectivity index (χ3v) is 8.53. The molecular formula is C24H36O7. The van der Waals surface area contributed by atoms with Crippen LogP contribution in [0.2, 0.25) is 0 Å². The van der Waals surface area contributed by atoms with Crippen molar-refractivity contribution in [2.45, 2.75) is 98.8 Å². The van der Waals surface area contributed by atoms with E-state index in [0.29, 0.717) is 0 Å². The summed E-state index contributed by atoms with van der Waals surface area (Å²) in [7, 11) is 0. The fourth-order valence-corrected chi connectivity index (χ4v) is 7.81. The van der Waals surface area contributed by atoms with Crippen LogP contribution in [0.3, 0.4) is 0 Å². The number of rotatable bonds is 3. The van der Waals surface area contributed by atoms with Crippen LogP contribution in [0.15, 0.2) is 0 Å². The first-order valence-electron chi connectivity index (χ1n) is 11.6. The van der Waals surface area contributed by atoms with Gasteiger partial charge in [-0.15, -0.1) is 0 Å². The van der Waals surface area contributed by atoms with Gasteiger partial charge in [0, 0.05) is 31.1 Å². The van der Waals surface area contributed by atoms with Crippen molar-refractivity contribution in [2.24, 2.45) is 34.0 Å². The van der Waals surface area contributed by atoms with Crippen LogP contribution in [0, 0.1) is 34.0 Å². The third kappa shape index (κ3) is 3.66. The highest BCUT2D eigenvalue weighted by atomic mass is 16.8. The predicted molar refractivity (Wildman–Crippen MR) is 110 cm³/mol. The molecule has 2 heterocycles. The minimum Gasteiger partial charge on any atom is -0.450 e. The van der Waals surface area contributed by atoms with Crippen molar-refractivity contribution in [3.05, 3.63) is 0 Å². The van der Waals surface area contributed by atoms with Crippen molar-refractivity contribution >= 4 is 17.9 Å². The van der Waals surface area contributed by atoms with E-state index in [1.807, 2.05) is 0 Å². The van der Waals surface area contributed by atoms with Crippen LogP contribution in [-0.4, -0.2) is 36.6 Å². The molecular weight excluding hydrogens is 400 g/mol. The summed E-state index contributed by atoms with van der Waals surface area (Å²) in [5, 5.41) is 0. The zero-order chi connectivity index (χ0) is 22.8. The predicted octanol–water partition coefficient (Wildman–Crippen LogP) is 3.98. The fourth-order valence-electron chi connectivity index (χ4n) is 7.81. The molecule has 0 unspecified atom stereocenters. The summed E-state index contributed by atoms with van der Waals surface area (Å²) in [6.07, 6.45) is 3.63. The van der Waals surface area contributed by atoms with E-state index < -0.39 is 42.0 Å². The molecule has 0 radical (unpaired) electrons. The zero-order valence-electron chi connectivity index (χ0n) is 19.6. The molecule has 2 aliphatic heterocycles. The molecule has 7 nitrogen and oxygen atoms in total. The van der Waals surface area contributed by atoms with Crippen molar-refractivity contribution in [3.63, 3.8) is 0 Å². The summed E-state index contributed by atoms with van der Waals surface area (Å²) in [6.45, 7) is 11.7. The summed E-state index contributed by atoms with van der Waals surface area (Å²) in [4.78, 5) is 36.8. The van der Waals surface area contributed by atoms with Gasteiger partial charge in [0.25, 0.3) is 0 Å². The molecule has 4 rings (SSSR count). The molecule has 0 aromatic carbocycles. The molecule has 0 spiro atoms. The van der Waals surface area contributed by atoms with Gasteiger partial charge >= 0.3 is 17.9 Å². The van der Waals surface area contributed by atoms with Gasteiger partial charge in [-0.25, -0.2) is 4.79 Å². The highest BCUT2D eigenvalue weighted by Crippen LogP contribution is 2.66. The minimum atomic E-state index is -0.986. The van der Waals surface area contributed by atoms with Crippen molar-refractivity contribution < 1.29 is 33.3 Å². The molecule has 0 bridgehead atoms. The molecule has 0 aromatic rings. The summed E-state index contributed by atoms with van der Waals surface area (Å²) in [6, 6.07) is 0. The van der Waals surface area contributed by atoms with Crippen LogP contribution in [0.1, 0.15) is 80.1 Å². The van der Waals surface area contributed by atoms with Gasteiger partial charge < -0.3 is 18.9 Å². The molecule has 4 fully saturated rings. The Morgan fingerprint density at radius 1 is 1.00 bits per heavy atom. The van der Waals surface area contributed by atoms with E-state index in [0.717, 1.165) is 32.1 Å². The average molecular weight is 437 g/mol. The van der Waals surface area contributed by atoms with Crippen LogP contribution in [0.5, 0.6) is 0 Å². The molecule has 174 valence electrons. The monoisotopic (exact) mass is 436 g/mol. The number of esters is 3. The fraction of sp³-hybridized carbons (Fsp3) is 0.875. The Morgan fingerprint density at radius 3 is 2.29 bits per heavy atom. The first-order chi connectivity index (χ1) is 14.4. The van der Waals surface area contributed by atoms with Crippen molar-refractivity contribution in [1.82, 2.24) is 0 Å². The summed E-state index contributed by atoms with van der Waals surface area (Å²) >= 11 is 0. The molecule has 31 heavy (non-hydrogen) atoms. The van der Waals surface area contributed by atoms with Crippen LogP contribution in [-0.2, 0) is 33.3 Å². The first kappa shape index (κ1) is 22.6. The van der Waals surface area contributed by atoms with E-state index >= 15 is 0 Å². The average Bonchev–Trinajstić information content (AvgIpc) is 2.95. The Bertz CT molecular complexity index is 776. The Hall–Kier alpha value is -1.63. The van der Waals surface area contributed by atoms with Crippen LogP contribution >= 0.6 is 0 Å². The van der Waals surface area contributed by atoms with Gasteiger partial charge in [-0.05, 0) is 48.9 Å². The largest absolute Gasteiger partial charge is 0.450 e. The lowest BCUT2D eigenvalue weighted by atomic mass is 9.45. The highest BCUT2D eigenvalue weighted by Gasteiger charge is 2.70. The molecule has 4 aliphatic rings. The lowest BCUT2D eigenvalue weighted by molar-refractivity contribution is -0.261. The van der Waals surface area contributed by atoms with E-state index in [1.165, 1.54) is 20.3 Å². The molecule has 8 atom stereocenters. The topological polar surface area (TPSA) is 88.1 Å². The Labute approximate surface area is 184 Å². The van der Waals surface area contributed by atoms with Gasteiger partial charge in [-0.2, -0.15) is 0 Å². The number of hydrogen-bond acceptors (Lipinski definition) is 7. The number of carbonyl (C=O) groups excluding carboxylic acids is 3. The Kier molecular flexibility index (Phi) is 5.43. The van der Waals surface area contributed by atoms with E-state index in [1.54, 1.807) is 0 Å². The first-order valence-corrected chi connectivity index (χ1v) is 11.6. The number of hydrogen-bond donors (Lipinski definition) is 0. The molecule has 0 N–H and O–H groups in total. The van der Waals surface area contributed by atoms with E-state index in [4.69, 9.17) is 18.9 Å². The maximum Gasteiger partial charge on any atom is 0.350 e. The molecule has 2 saturated carbocycles. The van der Waals surface area contributed by atoms with E-state index in [-0.39, 0.29) is 28.6 Å². The molecule has 7 heteroatoms. The van der Waals surface area contributed by atoms with Gasteiger partial charge in [0.2, 0.25) is 18.7 Å². The van der Waals surface area contributed by atoms with Crippen molar-refractivity contribution in [2.75, 3.05) is 0 Å². The maximum atomic E-state index is 13.1. The smallest absolute Gasteiger partial charge is 0.350 e. The molecule has 0 amide bonds.